The van der Waals surface area contributed by atoms with Crippen molar-refractivity contribution >= 4 is 21.1 Å². The Bertz CT molecular complexity index is 570. The molecule has 1 aromatic rings. The molecule has 0 N–H and O–H groups in total. The highest BCUT2D eigenvalue weighted by Gasteiger charge is 2.09. The Balaban J connectivity index is 2.93. The molecule has 0 radical (unpaired) electrons. The van der Waals surface area contributed by atoms with E-state index in [1.165, 1.54) is 0 Å². The Hall–Kier alpha value is -1.13. The summed E-state index contributed by atoms with van der Waals surface area (Å²) in [6.07, 6.45) is 2.89. The van der Waals surface area contributed by atoms with Gasteiger partial charge in [-0.3, -0.25) is 0 Å². The summed E-state index contributed by atoms with van der Waals surface area (Å²) in [7, 11) is -4.29. The molecule has 0 aromatic heterocycles. The second-order valence-corrected chi connectivity index (χ2v) is 4.61. The molecule has 0 unspecified atom stereocenters. The standard InChI is InChI=1S/C10H10O3S/c11-14(12,13)10-7-3-5-8-4-1-2-6-9(8)10/h1-2,4-6H,3,7H2,(H,11,12,13)/p-1. The maximum Gasteiger partial charge on any atom is 0.121 e. The summed E-state index contributed by atoms with van der Waals surface area (Å²) in [6, 6.07) is 7.06. The van der Waals surface area contributed by atoms with E-state index in [-0.39, 0.29) is 4.91 Å². The lowest BCUT2D eigenvalue weighted by Gasteiger charge is -2.14. The number of rotatable bonds is 1. The van der Waals surface area contributed by atoms with Gasteiger partial charge in [0.1, 0.15) is 10.1 Å². The smallest absolute Gasteiger partial charge is 0.121 e. The molecule has 4 heteroatoms. The fourth-order valence-electron chi connectivity index (χ4n) is 1.68. The van der Waals surface area contributed by atoms with Gasteiger partial charge in [0.2, 0.25) is 0 Å². The first-order valence-corrected chi connectivity index (χ1v) is 5.74. The normalized spacial score (nSPS) is 15.9. The van der Waals surface area contributed by atoms with Crippen molar-refractivity contribution < 1.29 is 13.0 Å². The molecule has 0 heterocycles. The highest BCUT2D eigenvalue weighted by Crippen LogP contribution is 2.13. The molecule has 0 spiro atoms. The van der Waals surface area contributed by atoms with E-state index in [2.05, 4.69) is 0 Å². The van der Waals surface area contributed by atoms with Gasteiger partial charge in [0.05, 0.1) is 0 Å². The molecule has 0 bridgehead atoms. The van der Waals surface area contributed by atoms with Crippen LogP contribution in [0.15, 0.2) is 24.3 Å². The van der Waals surface area contributed by atoms with E-state index in [1.54, 1.807) is 12.1 Å². The van der Waals surface area contributed by atoms with Crippen LogP contribution in [0.4, 0.5) is 0 Å². The Morgan fingerprint density at radius 3 is 2.64 bits per heavy atom. The largest absolute Gasteiger partial charge is 0.744 e. The van der Waals surface area contributed by atoms with Gasteiger partial charge in [0, 0.05) is 4.91 Å². The van der Waals surface area contributed by atoms with Gasteiger partial charge in [-0.2, -0.15) is 0 Å². The van der Waals surface area contributed by atoms with Crippen molar-refractivity contribution in [2.45, 2.75) is 12.8 Å². The minimum absolute atomic E-state index is 0.0237. The van der Waals surface area contributed by atoms with Crippen molar-refractivity contribution in [1.82, 2.24) is 0 Å². The molecule has 14 heavy (non-hydrogen) atoms. The molecule has 1 aromatic carbocycles. The average Bonchev–Trinajstić information content (AvgIpc) is 2.15. The van der Waals surface area contributed by atoms with E-state index in [1.807, 2.05) is 18.2 Å². The summed E-state index contributed by atoms with van der Waals surface area (Å²) in [4.78, 5) is 0.0237. The molecular weight excluding hydrogens is 200 g/mol. The van der Waals surface area contributed by atoms with Gasteiger partial charge in [0.15, 0.2) is 0 Å². The Morgan fingerprint density at radius 2 is 1.93 bits per heavy atom. The van der Waals surface area contributed by atoms with Crippen LogP contribution in [0, 0.1) is 0 Å². The zero-order valence-electron chi connectivity index (χ0n) is 7.43. The Labute approximate surface area is 82.1 Å². The van der Waals surface area contributed by atoms with E-state index >= 15 is 0 Å². The SMILES string of the molecule is O=S(=O)([O-])C1=c2ccccc2=CCC1. The van der Waals surface area contributed by atoms with Crippen LogP contribution in [0.1, 0.15) is 12.8 Å². The van der Waals surface area contributed by atoms with E-state index in [9.17, 15) is 13.0 Å². The van der Waals surface area contributed by atoms with Crippen LogP contribution >= 0.6 is 0 Å². The summed E-state index contributed by atoms with van der Waals surface area (Å²) in [5.74, 6) is 0. The molecule has 0 saturated carbocycles. The van der Waals surface area contributed by atoms with E-state index in [0.29, 0.717) is 18.1 Å². The van der Waals surface area contributed by atoms with E-state index in [4.69, 9.17) is 0 Å². The molecule has 0 fully saturated rings. The predicted octanol–water partition coefficient (Wildman–Crippen LogP) is -0.0857. The molecule has 0 aliphatic heterocycles. The van der Waals surface area contributed by atoms with Crippen molar-refractivity contribution in [3.05, 3.63) is 34.7 Å². The zero-order valence-corrected chi connectivity index (χ0v) is 8.25. The first-order chi connectivity index (χ1) is 6.59. The second kappa shape index (κ2) is 3.22. The average molecular weight is 209 g/mol. The molecule has 1 aliphatic rings. The van der Waals surface area contributed by atoms with Crippen LogP contribution < -0.4 is 10.4 Å². The Morgan fingerprint density at radius 1 is 1.21 bits per heavy atom. The minimum atomic E-state index is -4.29. The first-order valence-electron chi connectivity index (χ1n) is 4.33. The molecule has 2 rings (SSSR count). The number of hydrogen-bond donors (Lipinski definition) is 0. The minimum Gasteiger partial charge on any atom is -0.744 e. The summed E-state index contributed by atoms with van der Waals surface area (Å²) in [6.45, 7) is 0. The van der Waals surface area contributed by atoms with Crippen molar-refractivity contribution in [1.29, 1.82) is 0 Å². The van der Waals surface area contributed by atoms with Gasteiger partial charge in [0.25, 0.3) is 0 Å². The summed E-state index contributed by atoms with van der Waals surface area (Å²) < 4.78 is 32.8. The summed E-state index contributed by atoms with van der Waals surface area (Å²) in [5, 5.41) is 1.40. The Kier molecular flexibility index (Phi) is 2.17. The molecule has 0 saturated heterocycles. The quantitative estimate of drug-likeness (QED) is 0.608. The van der Waals surface area contributed by atoms with Gasteiger partial charge < -0.3 is 4.55 Å². The lowest BCUT2D eigenvalue weighted by molar-refractivity contribution is 0.474. The predicted molar refractivity (Wildman–Crippen MR) is 52.5 cm³/mol. The molecule has 0 amide bonds. The first kappa shape index (κ1) is 9.43. The van der Waals surface area contributed by atoms with Crippen LogP contribution in [0.2, 0.25) is 0 Å². The lowest BCUT2D eigenvalue weighted by atomic mass is 10.1. The van der Waals surface area contributed by atoms with Crippen LogP contribution in [0.3, 0.4) is 0 Å². The lowest BCUT2D eigenvalue weighted by Crippen LogP contribution is -2.31. The second-order valence-electron chi connectivity index (χ2n) is 3.21. The summed E-state index contributed by atoms with van der Waals surface area (Å²) >= 11 is 0. The van der Waals surface area contributed by atoms with Crippen LogP contribution in [-0.2, 0) is 10.1 Å². The highest BCUT2D eigenvalue weighted by molar-refractivity contribution is 7.94. The third-order valence-corrected chi connectivity index (χ3v) is 3.33. The van der Waals surface area contributed by atoms with Crippen molar-refractivity contribution in [3.63, 3.8) is 0 Å². The monoisotopic (exact) mass is 209 g/mol. The summed E-state index contributed by atoms with van der Waals surface area (Å²) in [5.41, 5.74) is 0. The number of hydrogen-bond acceptors (Lipinski definition) is 3. The fraction of sp³-hybridized carbons (Fsp3) is 0.200. The molecule has 0 atom stereocenters. The van der Waals surface area contributed by atoms with E-state index in [0.717, 1.165) is 5.22 Å². The zero-order chi connectivity index (χ0) is 10.2. The van der Waals surface area contributed by atoms with Crippen molar-refractivity contribution in [2.75, 3.05) is 0 Å². The van der Waals surface area contributed by atoms with Crippen LogP contribution in [0.5, 0.6) is 0 Å². The molecule has 3 nitrogen and oxygen atoms in total. The fourth-order valence-corrected chi connectivity index (χ4v) is 2.51. The van der Waals surface area contributed by atoms with Gasteiger partial charge >= 0.3 is 0 Å². The molecule has 74 valence electrons. The maximum absolute atomic E-state index is 10.9. The maximum atomic E-state index is 10.9. The van der Waals surface area contributed by atoms with E-state index < -0.39 is 10.1 Å². The van der Waals surface area contributed by atoms with Crippen molar-refractivity contribution in [3.8, 4) is 0 Å². The highest BCUT2D eigenvalue weighted by atomic mass is 32.2. The number of fused-ring (bicyclic) bond motifs is 1. The van der Waals surface area contributed by atoms with Gasteiger partial charge in [-0.05, 0) is 23.3 Å². The van der Waals surface area contributed by atoms with Gasteiger partial charge in [-0.25, -0.2) is 8.42 Å². The van der Waals surface area contributed by atoms with Crippen LogP contribution in [0.25, 0.3) is 11.0 Å². The number of benzene rings is 1. The van der Waals surface area contributed by atoms with Gasteiger partial charge in [-0.15, -0.1) is 0 Å². The molecular formula is C10H9O3S-. The van der Waals surface area contributed by atoms with Crippen LogP contribution in [-0.4, -0.2) is 13.0 Å². The molecule has 1 aliphatic carbocycles. The third-order valence-electron chi connectivity index (χ3n) is 2.30. The van der Waals surface area contributed by atoms with Crippen molar-refractivity contribution in [2.24, 2.45) is 0 Å². The van der Waals surface area contributed by atoms with Gasteiger partial charge in [-0.1, -0.05) is 30.3 Å². The third kappa shape index (κ3) is 1.58. The topological polar surface area (TPSA) is 57.2 Å².